The normalized spacial score (nSPS) is 17.3. The van der Waals surface area contributed by atoms with Gasteiger partial charge in [-0.05, 0) is 56.0 Å². The quantitative estimate of drug-likeness (QED) is 0.761. The van der Waals surface area contributed by atoms with Crippen LogP contribution >= 0.6 is 0 Å². The first kappa shape index (κ1) is 16.8. The van der Waals surface area contributed by atoms with E-state index in [4.69, 9.17) is 0 Å². The first-order valence-electron chi connectivity index (χ1n) is 9.34. The molecule has 1 fully saturated rings. The number of fused-ring (bicyclic) bond motifs is 1. The molecule has 2 N–H and O–H groups in total. The summed E-state index contributed by atoms with van der Waals surface area (Å²) in [5, 5.41) is 12.0. The maximum absolute atomic E-state index is 12.3. The summed E-state index contributed by atoms with van der Waals surface area (Å²) in [4.78, 5) is 12.3. The molecule has 5 heteroatoms. The molecule has 4 rings (SSSR count). The topological polar surface area (TPSA) is 59.0 Å². The second-order valence-corrected chi connectivity index (χ2v) is 6.81. The summed E-state index contributed by atoms with van der Waals surface area (Å²) in [6.45, 7) is 4.71. The van der Waals surface area contributed by atoms with E-state index in [9.17, 15) is 4.79 Å². The summed E-state index contributed by atoms with van der Waals surface area (Å²) < 4.78 is 1.86. The van der Waals surface area contributed by atoms with Crippen LogP contribution in [-0.2, 0) is 0 Å². The highest BCUT2D eigenvalue weighted by Gasteiger charge is 2.16. The molecule has 1 saturated heterocycles. The van der Waals surface area contributed by atoms with Crippen molar-refractivity contribution in [3.63, 3.8) is 0 Å². The Kier molecular flexibility index (Phi) is 4.71. The number of carbonyl (C=O) groups excluding carboxylic acids is 1. The Hall–Kier alpha value is -2.66. The third-order valence-electron chi connectivity index (χ3n) is 5.04. The Morgan fingerprint density at radius 3 is 2.85 bits per heavy atom. The molecule has 1 aliphatic heterocycles. The lowest BCUT2D eigenvalue weighted by molar-refractivity contribution is 0.0957. The van der Waals surface area contributed by atoms with Crippen molar-refractivity contribution in [3.8, 4) is 5.69 Å². The second kappa shape index (κ2) is 7.30. The molecule has 0 radical (unpaired) electrons. The van der Waals surface area contributed by atoms with Crippen LogP contribution in [0, 0.1) is 0 Å². The lowest BCUT2D eigenvalue weighted by Gasteiger charge is -2.23. The van der Waals surface area contributed by atoms with E-state index in [1.54, 1.807) is 0 Å². The molecule has 134 valence electrons. The minimum absolute atomic E-state index is 0.0801. The standard InChI is InChI=1S/C21H24N4O/c1-2-23-21(26)19-7-3-5-17-14-25(24-20(17)19)18-10-8-15(9-11-18)16-6-4-12-22-13-16/h3,5,7-11,14,16,22H,2,4,6,12-13H2,1H3,(H,23,26)/t16-/m1/s1. The monoisotopic (exact) mass is 348 g/mol. The Morgan fingerprint density at radius 2 is 2.12 bits per heavy atom. The number of nitrogens with zero attached hydrogens (tertiary/aromatic N) is 2. The third kappa shape index (κ3) is 3.22. The molecule has 2 aromatic carbocycles. The van der Waals surface area contributed by atoms with Crippen LogP contribution in [-0.4, -0.2) is 35.3 Å². The lowest BCUT2D eigenvalue weighted by atomic mass is 9.92. The lowest BCUT2D eigenvalue weighted by Crippen LogP contribution is -2.28. The van der Waals surface area contributed by atoms with Crippen LogP contribution < -0.4 is 10.6 Å². The zero-order valence-corrected chi connectivity index (χ0v) is 15.0. The van der Waals surface area contributed by atoms with Gasteiger partial charge in [0, 0.05) is 24.7 Å². The van der Waals surface area contributed by atoms with Gasteiger partial charge in [-0.2, -0.15) is 5.10 Å². The average Bonchev–Trinajstić information content (AvgIpc) is 3.13. The van der Waals surface area contributed by atoms with Gasteiger partial charge >= 0.3 is 0 Å². The van der Waals surface area contributed by atoms with Crippen molar-refractivity contribution >= 4 is 16.8 Å². The van der Waals surface area contributed by atoms with Gasteiger partial charge in [0.15, 0.2) is 0 Å². The number of rotatable bonds is 4. The summed E-state index contributed by atoms with van der Waals surface area (Å²) in [6, 6.07) is 14.3. The van der Waals surface area contributed by atoms with E-state index < -0.39 is 0 Å². The van der Waals surface area contributed by atoms with E-state index in [1.165, 1.54) is 18.4 Å². The Labute approximate surface area is 153 Å². The summed E-state index contributed by atoms with van der Waals surface area (Å²) in [5.41, 5.74) is 3.74. The number of benzene rings is 2. The molecule has 0 saturated carbocycles. The van der Waals surface area contributed by atoms with Crippen LogP contribution in [0.5, 0.6) is 0 Å². The Balaban J connectivity index is 1.64. The zero-order chi connectivity index (χ0) is 17.9. The van der Waals surface area contributed by atoms with Gasteiger partial charge in [0.2, 0.25) is 0 Å². The highest BCUT2D eigenvalue weighted by atomic mass is 16.1. The molecule has 3 aromatic rings. The van der Waals surface area contributed by atoms with Gasteiger partial charge in [0.05, 0.1) is 11.3 Å². The Bertz CT molecular complexity index is 907. The van der Waals surface area contributed by atoms with Gasteiger partial charge in [0.1, 0.15) is 5.52 Å². The van der Waals surface area contributed by atoms with Crippen LogP contribution in [0.15, 0.2) is 48.7 Å². The van der Waals surface area contributed by atoms with E-state index in [2.05, 4.69) is 40.0 Å². The van der Waals surface area contributed by atoms with Crippen LogP contribution in [0.4, 0.5) is 0 Å². The highest BCUT2D eigenvalue weighted by Crippen LogP contribution is 2.25. The van der Waals surface area contributed by atoms with Gasteiger partial charge in [-0.1, -0.05) is 24.3 Å². The SMILES string of the molecule is CCNC(=O)c1cccc2cn(-c3ccc([C@@H]4CCCNC4)cc3)nc12. The zero-order valence-electron chi connectivity index (χ0n) is 15.0. The minimum atomic E-state index is -0.0801. The van der Waals surface area contributed by atoms with Gasteiger partial charge in [-0.3, -0.25) is 4.79 Å². The molecule has 0 bridgehead atoms. The first-order chi connectivity index (χ1) is 12.8. The molecule has 1 amide bonds. The van der Waals surface area contributed by atoms with Crippen molar-refractivity contribution in [1.29, 1.82) is 0 Å². The highest BCUT2D eigenvalue weighted by molar-refractivity contribution is 6.05. The summed E-state index contributed by atoms with van der Waals surface area (Å²) in [7, 11) is 0. The summed E-state index contributed by atoms with van der Waals surface area (Å²) in [5.74, 6) is 0.516. The average molecular weight is 348 g/mol. The number of hydrogen-bond donors (Lipinski definition) is 2. The second-order valence-electron chi connectivity index (χ2n) is 6.81. The molecular weight excluding hydrogens is 324 g/mol. The fourth-order valence-corrected chi connectivity index (χ4v) is 3.65. The molecule has 1 atom stereocenters. The fraction of sp³-hybridized carbons (Fsp3) is 0.333. The number of aromatic nitrogens is 2. The maximum atomic E-state index is 12.3. The number of amides is 1. The molecular formula is C21H24N4O. The number of carbonyl (C=O) groups is 1. The van der Waals surface area contributed by atoms with Gasteiger partial charge < -0.3 is 10.6 Å². The third-order valence-corrected chi connectivity index (χ3v) is 5.04. The molecule has 0 spiro atoms. The predicted octanol–water partition coefficient (Wildman–Crippen LogP) is 3.24. The predicted molar refractivity (Wildman–Crippen MR) is 104 cm³/mol. The summed E-state index contributed by atoms with van der Waals surface area (Å²) >= 11 is 0. The molecule has 0 unspecified atom stereocenters. The van der Waals surface area contributed by atoms with Crippen molar-refractivity contribution in [2.75, 3.05) is 19.6 Å². The van der Waals surface area contributed by atoms with Crippen LogP contribution in [0.3, 0.4) is 0 Å². The summed E-state index contributed by atoms with van der Waals surface area (Å²) in [6.07, 6.45) is 4.46. The molecule has 26 heavy (non-hydrogen) atoms. The van der Waals surface area contributed by atoms with Gasteiger partial charge in [0.25, 0.3) is 5.91 Å². The van der Waals surface area contributed by atoms with Crippen LogP contribution in [0.25, 0.3) is 16.6 Å². The van der Waals surface area contributed by atoms with Crippen molar-refractivity contribution in [1.82, 2.24) is 20.4 Å². The van der Waals surface area contributed by atoms with Gasteiger partial charge in [-0.15, -0.1) is 0 Å². The number of piperidine rings is 1. The first-order valence-corrected chi connectivity index (χ1v) is 9.34. The Morgan fingerprint density at radius 1 is 1.27 bits per heavy atom. The van der Waals surface area contributed by atoms with E-state index >= 15 is 0 Å². The van der Waals surface area contributed by atoms with Crippen LogP contribution in [0.2, 0.25) is 0 Å². The number of nitrogens with one attached hydrogen (secondary N) is 2. The molecule has 5 nitrogen and oxygen atoms in total. The minimum Gasteiger partial charge on any atom is -0.352 e. The number of hydrogen-bond acceptors (Lipinski definition) is 3. The maximum Gasteiger partial charge on any atom is 0.253 e. The van der Waals surface area contributed by atoms with Crippen molar-refractivity contribution in [2.24, 2.45) is 0 Å². The molecule has 2 heterocycles. The van der Waals surface area contributed by atoms with Gasteiger partial charge in [-0.25, -0.2) is 4.68 Å². The fourth-order valence-electron chi connectivity index (χ4n) is 3.65. The largest absolute Gasteiger partial charge is 0.352 e. The molecule has 1 aromatic heterocycles. The van der Waals surface area contributed by atoms with E-state index in [1.807, 2.05) is 36.0 Å². The van der Waals surface area contributed by atoms with E-state index in [-0.39, 0.29) is 5.91 Å². The van der Waals surface area contributed by atoms with E-state index in [0.717, 1.165) is 29.7 Å². The van der Waals surface area contributed by atoms with Crippen LogP contribution in [0.1, 0.15) is 41.6 Å². The van der Waals surface area contributed by atoms with E-state index in [0.29, 0.717) is 18.0 Å². The molecule has 1 aliphatic rings. The van der Waals surface area contributed by atoms with Crippen molar-refractivity contribution in [2.45, 2.75) is 25.7 Å². The van der Waals surface area contributed by atoms with Crippen molar-refractivity contribution < 1.29 is 4.79 Å². The van der Waals surface area contributed by atoms with Crippen molar-refractivity contribution in [3.05, 3.63) is 59.8 Å². The smallest absolute Gasteiger partial charge is 0.253 e. The molecule has 0 aliphatic carbocycles.